The predicted octanol–water partition coefficient (Wildman–Crippen LogP) is 3.47. The number of aryl methyl sites for hydroxylation is 1. The fourth-order valence-electron chi connectivity index (χ4n) is 1.76. The van der Waals surface area contributed by atoms with Gasteiger partial charge in [0.2, 0.25) is 0 Å². The van der Waals surface area contributed by atoms with Crippen molar-refractivity contribution in [3.8, 4) is 6.07 Å². The number of nitrogens with one attached hydrogen (secondary N) is 1. The molecule has 0 aliphatic carbocycles. The summed E-state index contributed by atoms with van der Waals surface area (Å²) in [5.41, 5.74) is 1.43. The maximum absolute atomic E-state index is 11.8. The second-order valence-electron chi connectivity index (χ2n) is 5.42. The third-order valence-electron chi connectivity index (χ3n) is 2.55. The van der Waals surface area contributed by atoms with Crippen LogP contribution in [0.4, 0.5) is 4.79 Å². The molecule has 1 N–H and O–H groups in total. The van der Waals surface area contributed by atoms with E-state index in [2.05, 4.69) is 11.4 Å². The Morgan fingerprint density at radius 2 is 2.05 bits per heavy atom. The van der Waals surface area contributed by atoms with Gasteiger partial charge in [-0.3, -0.25) is 0 Å². The van der Waals surface area contributed by atoms with Gasteiger partial charge in [0.15, 0.2) is 0 Å². The molecule has 19 heavy (non-hydrogen) atoms. The minimum absolute atomic E-state index is 0.212. The monoisotopic (exact) mass is 260 g/mol. The minimum atomic E-state index is -0.549. The fraction of sp³-hybridized carbons (Fsp3) is 0.467. The largest absolute Gasteiger partial charge is 0.444 e. The van der Waals surface area contributed by atoms with Gasteiger partial charge in [0.05, 0.1) is 18.5 Å². The van der Waals surface area contributed by atoms with E-state index in [9.17, 15) is 4.79 Å². The van der Waals surface area contributed by atoms with Crippen LogP contribution in [-0.2, 0) is 4.74 Å². The number of alkyl carbamates (subject to hydrolysis) is 1. The number of ether oxygens (including phenoxy) is 1. The van der Waals surface area contributed by atoms with Crippen LogP contribution in [0.2, 0.25) is 0 Å². The summed E-state index contributed by atoms with van der Waals surface area (Å²) >= 11 is 0. The molecule has 4 nitrogen and oxygen atoms in total. The lowest BCUT2D eigenvalue weighted by Gasteiger charge is -2.23. The Labute approximate surface area is 114 Å². The Morgan fingerprint density at radius 3 is 2.58 bits per heavy atom. The van der Waals surface area contributed by atoms with Crippen LogP contribution in [0.3, 0.4) is 0 Å². The maximum Gasteiger partial charge on any atom is 0.408 e. The van der Waals surface area contributed by atoms with Gasteiger partial charge in [-0.1, -0.05) is 24.3 Å². The molecule has 1 atom stereocenters. The van der Waals surface area contributed by atoms with Gasteiger partial charge in [0.1, 0.15) is 5.60 Å². The van der Waals surface area contributed by atoms with Crippen molar-refractivity contribution in [3.63, 3.8) is 0 Å². The number of carbonyl (C=O) groups excluding carboxylic acids is 1. The van der Waals surface area contributed by atoms with Gasteiger partial charge in [0, 0.05) is 0 Å². The second kappa shape index (κ2) is 6.24. The Morgan fingerprint density at radius 1 is 1.42 bits per heavy atom. The highest BCUT2D eigenvalue weighted by Crippen LogP contribution is 2.21. The summed E-state index contributed by atoms with van der Waals surface area (Å²) in [6.45, 7) is 7.37. The number of benzene rings is 1. The average molecular weight is 260 g/mol. The molecule has 1 amide bonds. The Bertz CT molecular complexity index is 484. The van der Waals surface area contributed by atoms with Gasteiger partial charge in [-0.25, -0.2) is 4.79 Å². The normalized spacial score (nSPS) is 12.4. The molecular formula is C15H20N2O2. The molecule has 0 bridgehead atoms. The van der Waals surface area contributed by atoms with Gasteiger partial charge in [-0.15, -0.1) is 0 Å². The molecule has 0 heterocycles. The van der Waals surface area contributed by atoms with E-state index in [1.54, 1.807) is 20.8 Å². The van der Waals surface area contributed by atoms with Gasteiger partial charge in [0.25, 0.3) is 0 Å². The first-order valence-corrected chi connectivity index (χ1v) is 6.25. The maximum atomic E-state index is 11.8. The lowest BCUT2D eigenvalue weighted by molar-refractivity contribution is 0.0504. The van der Waals surface area contributed by atoms with Crippen LogP contribution >= 0.6 is 0 Å². The van der Waals surface area contributed by atoms with E-state index in [1.807, 2.05) is 31.2 Å². The summed E-state index contributed by atoms with van der Waals surface area (Å²) in [7, 11) is 0. The first kappa shape index (κ1) is 15.0. The highest BCUT2D eigenvalue weighted by molar-refractivity contribution is 5.68. The number of rotatable bonds is 3. The number of hydrogen-bond donors (Lipinski definition) is 1. The molecule has 0 aliphatic rings. The number of hydrogen-bond acceptors (Lipinski definition) is 3. The minimum Gasteiger partial charge on any atom is -0.444 e. The molecule has 4 heteroatoms. The number of nitriles is 1. The first-order chi connectivity index (χ1) is 8.83. The van der Waals surface area contributed by atoms with Crippen molar-refractivity contribution >= 4 is 6.09 Å². The van der Waals surface area contributed by atoms with Crippen LogP contribution in [-0.4, -0.2) is 11.7 Å². The lowest BCUT2D eigenvalue weighted by Crippen LogP contribution is -2.35. The molecule has 0 saturated carbocycles. The molecule has 1 aromatic carbocycles. The molecule has 0 spiro atoms. The van der Waals surface area contributed by atoms with Crippen molar-refractivity contribution in [2.75, 3.05) is 0 Å². The topological polar surface area (TPSA) is 62.1 Å². The Kier molecular flexibility index (Phi) is 4.94. The highest BCUT2D eigenvalue weighted by Gasteiger charge is 2.21. The van der Waals surface area contributed by atoms with E-state index in [0.29, 0.717) is 0 Å². The van der Waals surface area contributed by atoms with Crippen molar-refractivity contribution in [3.05, 3.63) is 35.4 Å². The molecular weight excluding hydrogens is 240 g/mol. The van der Waals surface area contributed by atoms with Gasteiger partial charge >= 0.3 is 6.09 Å². The van der Waals surface area contributed by atoms with Crippen molar-refractivity contribution in [1.29, 1.82) is 5.26 Å². The van der Waals surface area contributed by atoms with Crippen LogP contribution in [0.1, 0.15) is 44.4 Å². The van der Waals surface area contributed by atoms with Gasteiger partial charge in [-0.2, -0.15) is 5.26 Å². The van der Waals surface area contributed by atoms with E-state index in [1.165, 1.54) is 0 Å². The van der Waals surface area contributed by atoms with Crippen molar-refractivity contribution in [2.24, 2.45) is 0 Å². The molecule has 102 valence electrons. The predicted molar refractivity (Wildman–Crippen MR) is 73.5 cm³/mol. The SMILES string of the molecule is Cc1ccccc1C(CC#N)NC(=O)OC(C)(C)C. The van der Waals surface area contributed by atoms with E-state index in [0.717, 1.165) is 11.1 Å². The molecule has 0 aliphatic heterocycles. The van der Waals surface area contributed by atoms with Crippen LogP contribution in [0, 0.1) is 18.3 Å². The van der Waals surface area contributed by atoms with Gasteiger partial charge in [-0.05, 0) is 38.8 Å². The van der Waals surface area contributed by atoms with Crippen molar-refractivity contribution in [1.82, 2.24) is 5.32 Å². The van der Waals surface area contributed by atoms with Crippen molar-refractivity contribution in [2.45, 2.75) is 45.8 Å². The van der Waals surface area contributed by atoms with Crippen LogP contribution in [0.5, 0.6) is 0 Å². The highest BCUT2D eigenvalue weighted by atomic mass is 16.6. The molecule has 0 radical (unpaired) electrons. The number of nitrogens with zero attached hydrogens (tertiary/aromatic N) is 1. The molecule has 1 unspecified atom stereocenters. The summed E-state index contributed by atoms with van der Waals surface area (Å²) in [4.78, 5) is 11.8. The zero-order chi connectivity index (χ0) is 14.5. The lowest BCUT2D eigenvalue weighted by atomic mass is 9.99. The summed E-state index contributed by atoms with van der Waals surface area (Å²) in [6, 6.07) is 9.43. The summed E-state index contributed by atoms with van der Waals surface area (Å²) in [5, 5.41) is 11.6. The molecule has 0 aromatic heterocycles. The van der Waals surface area contributed by atoms with Crippen LogP contribution in [0.25, 0.3) is 0 Å². The van der Waals surface area contributed by atoms with Crippen molar-refractivity contribution < 1.29 is 9.53 Å². The molecule has 0 saturated heterocycles. The quantitative estimate of drug-likeness (QED) is 0.905. The fourth-order valence-corrected chi connectivity index (χ4v) is 1.76. The summed E-state index contributed by atoms with van der Waals surface area (Å²) in [6.07, 6.45) is -0.291. The van der Waals surface area contributed by atoms with Crippen LogP contribution < -0.4 is 5.32 Å². The van der Waals surface area contributed by atoms with E-state index >= 15 is 0 Å². The summed E-state index contributed by atoms with van der Waals surface area (Å²) < 4.78 is 5.22. The molecule has 1 rings (SSSR count). The summed E-state index contributed by atoms with van der Waals surface area (Å²) in [5.74, 6) is 0. The third-order valence-corrected chi connectivity index (χ3v) is 2.55. The van der Waals surface area contributed by atoms with E-state index in [-0.39, 0.29) is 12.5 Å². The van der Waals surface area contributed by atoms with Crippen LogP contribution in [0.15, 0.2) is 24.3 Å². The molecule has 1 aromatic rings. The number of carbonyl (C=O) groups is 1. The third kappa shape index (κ3) is 5.01. The number of amides is 1. The zero-order valence-electron chi connectivity index (χ0n) is 11.9. The average Bonchev–Trinajstić information content (AvgIpc) is 2.26. The molecule has 0 fully saturated rings. The van der Waals surface area contributed by atoms with E-state index in [4.69, 9.17) is 10.00 Å². The zero-order valence-corrected chi connectivity index (χ0v) is 11.9. The second-order valence-corrected chi connectivity index (χ2v) is 5.42. The van der Waals surface area contributed by atoms with Gasteiger partial charge < -0.3 is 10.1 Å². The smallest absolute Gasteiger partial charge is 0.408 e. The first-order valence-electron chi connectivity index (χ1n) is 6.25. The Balaban J connectivity index is 2.83. The Hall–Kier alpha value is -2.02. The standard InChI is InChI=1S/C15H20N2O2/c1-11-7-5-6-8-12(11)13(9-10-16)17-14(18)19-15(2,3)4/h5-8,13H,9H2,1-4H3,(H,17,18). The van der Waals surface area contributed by atoms with E-state index < -0.39 is 11.7 Å².